The molecule has 1 aliphatic rings. The van der Waals surface area contributed by atoms with Gasteiger partial charge in [-0.25, -0.2) is 4.98 Å². The molecular weight excluding hydrogens is 324 g/mol. The van der Waals surface area contributed by atoms with Gasteiger partial charge < -0.3 is 10.1 Å². The number of rotatable bonds is 5. The predicted octanol–water partition coefficient (Wildman–Crippen LogP) is 3.71. The number of aromatic nitrogens is 2. The quantitative estimate of drug-likeness (QED) is 0.762. The second-order valence-electron chi connectivity index (χ2n) is 6.81. The van der Waals surface area contributed by atoms with Crippen molar-refractivity contribution in [2.24, 2.45) is 0 Å². The van der Waals surface area contributed by atoms with Crippen molar-refractivity contribution < 1.29 is 4.74 Å². The Hall–Kier alpha value is -2.66. The fraction of sp³-hybridized carbons (Fsp3) is 0.333. The lowest BCUT2D eigenvalue weighted by atomic mass is 10.0. The van der Waals surface area contributed by atoms with Crippen molar-refractivity contribution in [3.8, 4) is 5.75 Å². The van der Waals surface area contributed by atoms with Crippen molar-refractivity contribution >= 4 is 16.9 Å². The van der Waals surface area contributed by atoms with Crippen LogP contribution >= 0.6 is 0 Å². The first-order valence-electron chi connectivity index (χ1n) is 9.14. The van der Waals surface area contributed by atoms with Gasteiger partial charge in [0.15, 0.2) is 0 Å². The monoisotopic (exact) mass is 348 g/mol. The van der Waals surface area contributed by atoms with Crippen LogP contribution in [0.25, 0.3) is 11.0 Å². The van der Waals surface area contributed by atoms with Crippen LogP contribution in [0.2, 0.25) is 0 Å². The minimum Gasteiger partial charge on any atom is -0.497 e. The van der Waals surface area contributed by atoms with E-state index >= 15 is 0 Å². The second kappa shape index (κ2) is 7.70. The van der Waals surface area contributed by atoms with E-state index in [-0.39, 0.29) is 0 Å². The van der Waals surface area contributed by atoms with Crippen molar-refractivity contribution in [2.75, 3.05) is 25.5 Å². The molecule has 1 N–H and O–H groups in total. The summed E-state index contributed by atoms with van der Waals surface area (Å²) in [5.41, 5.74) is 3.15. The zero-order valence-corrected chi connectivity index (χ0v) is 15.1. The van der Waals surface area contributed by atoms with Gasteiger partial charge in [-0.2, -0.15) is 0 Å². The Morgan fingerprint density at radius 3 is 2.92 bits per heavy atom. The first-order valence-corrected chi connectivity index (χ1v) is 9.14. The molecule has 5 heteroatoms. The summed E-state index contributed by atoms with van der Waals surface area (Å²) < 4.78 is 5.33. The van der Waals surface area contributed by atoms with Crippen LogP contribution in [-0.2, 0) is 6.54 Å². The first-order chi connectivity index (χ1) is 12.8. The molecule has 1 fully saturated rings. The molecule has 1 saturated heterocycles. The van der Waals surface area contributed by atoms with Gasteiger partial charge >= 0.3 is 0 Å². The van der Waals surface area contributed by atoms with E-state index in [1.807, 2.05) is 36.5 Å². The highest BCUT2D eigenvalue weighted by Gasteiger charge is 2.20. The van der Waals surface area contributed by atoms with Crippen molar-refractivity contribution in [3.05, 3.63) is 60.3 Å². The Balaban J connectivity index is 1.41. The molecule has 1 atom stereocenters. The summed E-state index contributed by atoms with van der Waals surface area (Å²) in [4.78, 5) is 11.7. The Morgan fingerprint density at radius 1 is 1.15 bits per heavy atom. The number of para-hydroxylation sites is 2. The molecule has 0 unspecified atom stereocenters. The van der Waals surface area contributed by atoms with Gasteiger partial charge in [0.25, 0.3) is 0 Å². The van der Waals surface area contributed by atoms with Gasteiger partial charge in [0.1, 0.15) is 11.6 Å². The largest absolute Gasteiger partial charge is 0.497 e. The van der Waals surface area contributed by atoms with Crippen LogP contribution < -0.4 is 10.1 Å². The van der Waals surface area contributed by atoms with Gasteiger partial charge in [0.2, 0.25) is 0 Å². The third kappa shape index (κ3) is 3.94. The molecule has 4 rings (SSSR count). The molecule has 1 aliphatic heterocycles. The summed E-state index contributed by atoms with van der Waals surface area (Å²) in [5, 5.41) is 3.57. The van der Waals surface area contributed by atoms with Crippen molar-refractivity contribution in [2.45, 2.75) is 25.4 Å². The predicted molar refractivity (Wildman–Crippen MR) is 104 cm³/mol. The maximum absolute atomic E-state index is 5.33. The number of likely N-dealkylation sites (tertiary alicyclic amines) is 1. The molecule has 5 nitrogen and oxygen atoms in total. The minimum atomic E-state index is 0.393. The summed E-state index contributed by atoms with van der Waals surface area (Å²) in [5.74, 6) is 1.78. The van der Waals surface area contributed by atoms with Crippen LogP contribution in [0.3, 0.4) is 0 Å². The van der Waals surface area contributed by atoms with Crippen LogP contribution in [0, 0.1) is 0 Å². The average Bonchev–Trinajstić information content (AvgIpc) is 2.68. The zero-order valence-electron chi connectivity index (χ0n) is 15.1. The molecule has 0 radical (unpaired) electrons. The van der Waals surface area contributed by atoms with Gasteiger partial charge in [0.05, 0.1) is 24.3 Å². The van der Waals surface area contributed by atoms with Crippen molar-refractivity contribution in [1.29, 1.82) is 0 Å². The Morgan fingerprint density at radius 2 is 2.04 bits per heavy atom. The third-order valence-corrected chi connectivity index (χ3v) is 4.85. The molecule has 2 heterocycles. The Kier molecular flexibility index (Phi) is 4.97. The standard InChI is InChI=1S/C21H24N4O/c1-26-18-8-4-6-16(12-18)14-25-11-5-7-17(15-25)23-21-13-22-19-9-2-3-10-20(19)24-21/h2-4,6,8-10,12-13,17H,5,7,11,14-15H2,1H3,(H,23,24)/t17-/m0/s1. The number of ether oxygens (including phenoxy) is 1. The van der Waals surface area contributed by atoms with Gasteiger partial charge in [-0.3, -0.25) is 9.88 Å². The van der Waals surface area contributed by atoms with Crippen LogP contribution in [0.15, 0.2) is 54.7 Å². The van der Waals surface area contributed by atoms with Gasteiger partial charge in [-0.05, 0) is 49.2 Å². The number of fused-ring (bicyclic) bond motifs is 1. The number of nitrogens with zero attached hydrogens (tertiary/aromatic N) is 3. The van der Waals surface area contributed by atoms with Gasteiger partial charge in [-0.15, -0.1) is 0 Å². The maximum Gasteiger partial charge on any atom is 0.145 e. The summed E-state index contributed by atoms with van der Waals surface area (Å²) in [6.45, 7) is 3.07. The van der Waals surface area contributed by atoms with E-state index in [9.17, 15) is 0 Å². The molecule has 2 aromatic carbocycles. The molecule has 0 saturated carbocycles. The number of anilines is 1. The number of methoxy groups -OCH3 is 1. The van der Waals surface area contributed by atoms with Crippen LogP contribution in [0.4, 0.5) is 5.82 Å². The smallest absolute Gasteiger partial charge is 0.145 e. The molecule has 134 valence electrons. The van der Waals surface area contributed by atoms with E-state index in [2.05, 4.69) is 33.4 Å². The van der Waals surface area contributed by atoms with E-state index in [4.69, 9.17) is 9.72 Å². The van der Waals surface area contributed by atoms with Crippen LogP contribution in [0.1, 0.15) is 18.4 Å². The molecule has 1 aromatic heterocycles. The minimum absolute atomic E-state index is 0.393. The van der Waals surface area contributed by atoms with Crippen molar-refractivity contribution in [3.63, 3.8) is 0 Å². The lowest BCUT2D eigenvalue weighted by molar-refractivity contribution is 0.208. The van der Waals surface area contributed by atoms with E-state index in [0.717, 1.165) is 48.7 Å². The highest BCUT2D eigenvalue weighted by Crippen LogP contribution is 2.20. The number of piperidine rings is 1. The Bertz CT molecular complexity index is 883. The lowest BCUT2D eigenvalue weighted by Gasteiger charge is -2.33. The lowest BCUT2D eigenvalue weighted by Crippen LogP contribution is -2.41. The first kappa shape index (κ1) is 16.8. The number of hydrogen-bond donors (Lipinski definition) is 1. The van der Waals surface area contributed by atoms with E-state index < -0.39 is 0 Å². The molecule has 0 bridgehead atoms. The highest BCUT2D eigenvalue weighted by molar-refractivity contribution is 5.75. The molecule has 0 amide bonds. The highest BCUT2D eigenvalue weighted by atomic mass is 16.5. The van der Waals surface area contributed by atoms with E-state index in [0.29, 0.717) is 6.04 Å². The summed E-state index contributed by atoms with van der Waals surface area (Å²) >= 11 is 0. The van der Waals surface area contributed by atoms with Crippen LogP contribution in [-0.4, -0.2) is 41.1 Å². The summed E-state index contributed by atoms with van der Waals surface area (Å²) in [6, 6.07) is 16.7. The van der Waals surface area contributed by atoms with Crippen LogP contribution in [0.5, 0.6) is 5.75 Å². The number of benzene rings is 2. The van der Waals surface area contributed by atoms with E-state index in [1.165, 1.54) is 12.0 Å². The topological polar surface area (TPSA) is 50.3 Å². The van der Waals surface area contributed by atoms with Crippen molar-refractivity contribution in [1.82, 2.24) is 14.9 Å². The zero-order chi connectivity index (χ0) is 17.8. The SMILES string of the molecule is COc1cccc(CN2CCC[C@H](Nc3cnc4ccccc4n3)C2)c1. The summed E-state index contributed by atoms with van der Waals surface area (Å²) in [7, 11) is 1.71. The third-order valence-electron chi connectivity index (χ3n) is 4.85. The second-order valence-corrected chi connectivity index (χ2v) is 6.81. The maximum atomic E-state index is 5.33. The molecule has 3 aromatic rings. The molecule has 0 aliphatic carbocycles. The number of hydrogen-bond acceptors (Lipinski definition) is 5. The Labute approximate surface area is 154 Å². The fourth-order valence-corrected chi connectivity index (χ4v) is 3.58. The van der Waals surface area contributed by atoms with E-state index in [1.54, 1.807) is 7.11 Å². The fourth-order valence-electron chi connectivity index (χ4n) is 3.58. The van der Waals surface area contributed by atoms with Gasteiger partial charge in [0, 0.05) is 19.1 Å². The summed E-state index contributed by atoms with van der Waals surface area (Å²) in [6.07, 6.45) is 4.18. The molecular formula is C21H24N4O. The normalized spacial score (nSPS) is 18.0. The number of nitrogens with one attached hydrogen (secondary N) is 1. The molecule has 0 spiro atoms. The molecule has 26 heavy (non-hydrogen) atoms. The van der Waals surface area contributed by atoms with Gasteiger partial charge in [-0.1, -0.05) is 24.3 Å². The average molecular weight is 348 g/mol.